The lowest BCUT2D eigenvalue weighted by atomic mass is 9.49. The van der Waals surface area contributed by atoms with Gasteiger partial charge >= 0.3 is 17.9 Å². The molecule has 5 atom stereocenters. The minimum atomic E-state index is -0.901. The van der Waals surface area contributed by atoms with E-state index in [0.29, 0.717) is 31.1 Å². The molecule has 0 aromatic heterocycles. The zero-order valence-corrected chi connectivity index (χ0v) is 36.1. The van der Waals surface area contributed by atoms with Crippen LogP contribution in [-0.4, -0.2) is 91.8 Å². The van der Waals surface area contributed by atoms with E-state index >= 15 is 0 Å². The lowest BCUT2D eigenvalue weighted by molar-refractivity contribution is -0.212. The molecule has 1 aromatic rings. The van der Waals surface area contributed by atoms with Gasteiger partial charge in [0.05, 0.1) is 37.9 Å². The number of esters is 3. The molecule has 4 aliphatic rings. The number of hydrogen-bond donors (Lipinski definition) is 1. The molecule has 0 aliphatic heterocycles. The van der Waals surface area contributed by atoms with Gasteiger partial charge in [0.1, 0.15) is 29.3 Å². The van der Waals surface area contributed by atoms with Crippen LogP contribution in [0.4, 0.5) is 0 Å². The number of aromatic hydroxyl groups is 1. The zero-order chi connectivity index (χ0) is 41.6. The maximum atomic E-state index is 14.4. The minimum absolute atomic E-state index is 0.0341. The fraction of sp³-hybridized carbons (Fsp3) is 0.773. The molecule has 13 heteroatoms. The fourth-order valence-electron chi connectivity index (χ4n) is 9.42. The Morgan fingerprint density at radius 2 is 1.33 bits per heavy atom. The van der Waals surface area contributed by atoms with E-state index in [9.17, 15) is 24.8 Å². The van der Waals surface area contributed by atoms with Crippen LogP contribution in [0.1, 0.15) is 124 Å². The maximum absolute atomic E-state index is 14.4. The zero-order valence-electron chi connectivity index (χ0n) is 35.3. The monoisotopic (exact) mass is 817 g/mol. The van der Waals surface area contributed by atoms with E-state index in [1.54, 1.807) is 32.9 Å². The summed E-state index contributed by atoms with van der Waals surface area (Å²) >= 11 is 1.49. The van der Waals surface area contributed by atoms with E-state index in [1.807, 2.05) is 32.2 Å². The van der Waals surface area contributed by atoms with Crippen molar-refractivity contribution < 1.29 is 52.6 Å². The van der Waals surface area contributed by atoms with E-state index in [1.165, 1.54) is 18.2 Å². The van der Waals surface area contributed by atoms with Crippen LogP contribution in [0.3, 0.4) is 0 Å². The summed E-state index contributed by atoms with van der Waals surface area (Å²) in [6, 6.07) is 9.45. The predicted octanol–water partition coefficient (Wildman–Crippen LogP) is 8.09. The molecular formula is C44H67NO11S. The number of hydrogen-bond acceptors (Lipinski definition) is 13. The first-order valence-corrected chi connectivity index (χ1v) is 22.2. The number of thioether (sulfide) groups is 1. The maximum Gasteiger partial charge on any atom is 0.322 e. The standard InChI is InChI=1S/C44H67NO11S/c1-8-39(47)54-20-18-52-30(3)50-16-17-51-31(4)53-19-21-55-40(48)14-15-42(5,29-45)27-35(34-10-12-38(46)13-11-34)28-43(6,57-7)41(49)56-44(9-2)36-23-32-22-33(25-36)26-37(44)24-32/h10-13,30-33,35-37,46H,8-9,14-28H2,1-7H3. The Bertz CT molecular complexity index is 1460. The highest BCUT2D eigenvalue weighted by atomic mass is 32.2. The number of phenols is 1. The van der Waals surface area contributed by atoms with Gasteiger partial charge in [-0.3, -0.25) is 14.4 Å². The predicted molar refractivity (Wildman–Crippen MR) is 216 cm³/mol. The summed E-state index contributed by atoms with van der Waals surface area (Å²) < 4.78 is 38.4. The summed E-state index contributed by atoms with van der Waals surface area (Å²) in [5.41, 5.74) is -0.395. The van der Waals surface area contributed by atoms with Gasteiger partial charge in [0.15, 0.2) is 12.6 Å². The van der Waals surface area contributed by atoms with Crippen LogP contribution < -0.4 is 0 Å². The van der Waals surface area contributed by atoms with Gasteiger partial charge in [0, 0.05) is 12.8 Å². The number of ether oxygens (including phenoxy) is 7. The second kappa shape index (κ2) is 21.9. The van der Waals surface area contributed by atoms with Crippen molar-refractivity contribution in [3.8, 4) is 11.8 Å². The van der Waals surface area contributed by atoms with E-state index in [2.05, 4.69) is 13.0 Å². The van der Waals surface area contributed by atoms with Gasteiger partial charge in [-0.2, -0.15) is 5.26 Å². The molecule has 4 saturated carbocycles. The van der Waals surface area contributed by atoms with Gasteiger partial charge in [-0.15, -0.1) is 11.8 Å². The molecule has 0 saturated heterocycles. The molecule has 5 unspecified atom stereocenters. The van der Waals surface area contributed by atoms with Crippen LogP contribution in [0.15, 0.2) is 24.3 Å². The molecule has 12 nitrogen and oxygen atoms in total. The van der Waals surface area contributed by atoms with E-state index in [0.717, 1.165) is 49.5 Å². The highest BCUT2D eigenvalue weighted by Gasteiger charge is 2.59. The third-order valence-electron chi connectivity index (χ3n) is 12.6. The van der Waals surface area contributed by atoms with Crippen molar-refractivity contribution in [1.29, 1.82) is 5.26 Å². The topological polar surface area (TPSA) is 160 Å². The van der Waals surface area contributed by atoms with Crippen LogP contribution in [0.5, 0.6) is 5.75 Å². The Kier molecular flexibility index (Phi) is 18.0. The smallest absolute Gasteiger partial charge is 0.322 e. The average Bonchev–Trinajstić information content (AvgIpc) is 3.20. The van der Waals surface area contributed by atoms with Gasteiger partial charge in [0.25, 0.3) is 0 Å². The van der Waals surface area contributed by atoms with Crippen molar-refractivity contribution in [2.24, 2.45) is 29.1 Å². The van der Waals surface area contributed by atoms with Crippen molar-refractivity contribution >= 4 is 29.7 Å². The van der Waals surface area contributed by atoms with Crippen LogP contribution >= 0.6 is 11.8 Å². The molecular weight excluding hydrogens is 751 g/mol. The molecule has 1 aromatic carbocycles. The first-order chi connectivity index (χ1) is 27.2. The number of rotatable bonds is 26. The van der Waals surface area contributed by atoms with E-state index in [4.69, 9.17) is 33.2 Å². The number of phenolic OH excluding ortho intramolecular Hbond substituents is 1. The average molecular weight is 818 g/mol. The Morgan fingerprint density at radius 3 is 1.81 bits per heavy atom. The van der Waals surface area contributed by atoms with Gasteiger partial charge < -0.3 is 38.3 Å². The first-order valence-electron chi connectivity index (χ1n) is 20.9. The molecule has 0 amide bonds. The summed E-state index contributed by atoms with van der Waals surface area (Å²) in [5, 5.41) is 20.5. The van der Waals surface area contributed by atoms with Crippen molar-refractivity contribution in [2.45, 2.75) is 141 Å². The summed E-state index contributed by atoms with van der Waals surface area (Å²) in [7, 11) is 0. The Labute approximate surface area is 344 Å². The third kappa shape index (κ3) is 13.3. The molecule has 0 spiro atoms. The van der Waals surface area contributed by atoms with Crippen LogP contribution in [-0.2, 0) is 47.5 Å². The molecule has 0 heterocycles. The van der Waals surface area contributed by atoms with Gasteiger partial charge in [-0.25, -0.2) is 0 Å². The van der Waals surface area contributed by atoms with Crippen molar-refractivity contribution in [2.75, 3.05) is 45.9 Å². The van der Waals surface area contributed by atoms with Crippen molar-refractivity contribution in [3.05, 3.63) is 29.8 Å². The van der Waals surface area contributed by atoms with Crippen molar-refractivity contribution in [1.82, 2.24) is 0 Å². The lowest BCUT2D eigenvalue weighted by Crippen LogP contribution is -2.60. The minimum Gasteiger partial charge on any atom is -0.508 e. The highest BCUT2D eigenvalue weighted by Crippen LogP contribution is 2.61. The molecule has 57 heavy (non-hydrogen) atoms. The summed E-state index contributed by atoms with van der Waals surface area (Å²) in [6.07, 6.45) is 9.15. The molecule has 4 aliphatic carbocycles. The second-order valence-corrected chi connectivity index (χ2v) is 18.0. The number of carbonyl (C=O) groups excluding carboxylic acids is 3. The van der Waals surface area contributed by atoms with E-state index in [-0.39, 0.29) is 76.1 Å². The largest absolute Gasteiger partial charge is 0.508 e. The molecule has 1 N–H and O–H groups in total. The molecule has 5 rings (SSSR count). The fourth-order valence-corrected chi connectivity index (χ4v) is 9.99. The number of carbonyl (C=O) groups is 3. The normalized spacial score (nSPS) is 26.0. The van der Waals surface area contributed by atoms with Gasteiger partial charge in [0.2, 0.25) is 0 Å². The summed E-state index contributed by atoms with van der Waals surface area (Å²) in [5.74, 6) is 1.40. The van der Waals surface area contributed by atoms with Gasteiger partial charge in [-0.05, 0) is 139 Å². The molecule has 320 valence electrons. The third-order valence-corrected chi connectivity index (χ3v) is 13.8. The Balaban J connectivity index is 1.24. The second-order valence-electron chi connectivity index (χ2n) is 16.7. The van der Waals surface area contributed by atoms with Crippen LogP contribution in [0.25, 0.3) is 0 Å². The highest BCUT2D eigenvalue weighted by molar-refractivity contribution is 8.00. The van der Waals surface area contributed by atoms with Crippen LogP contribution in [0.2, 0.25) is 0 Å². The van der Waals surface area contributed by atoms with Crippen LogP contribution in [0, 0.1) is 40.4 Å². The first kappa shape index (κ1) is 46.8. The molecule has 0 radical (unpaired) electrons. The lowest BCUT2D eigenvalue weighted by Gasteiger charge is -2.60. The number of benzene rings is 1. The number of nitriles is 1. The Hall–Kier alpha value is -2.89. The SMILES string of the molecule is CCC(=O)OCCOC(C)OCCOC(C)OCCOC(=O)CCC(C)(C#N)CC(CC(C)(SC)C(=O)OC1(CC)C2CC3CC(C2)CC1C3)c1ccc(O)cc1. The van der Waals surface area contributed by atoms with Crippen molar-refractivity contribution in [3.63, 3.8) is 0 Å². The molecule has 4 bridgehead atoms. The summed E-state index contributed by atoms with van der Waals surface area (Å²) in [4.78, 5) is 38.4. The molecule has 4 fully saturated rings. The quantitative estimate of drug-likeness (QED) is 0.0414. The van der Waals surface area contributed by atoms with Gasteiger partial charge in [-0.1, -0.05) is 26.0 Å². The summed E-state index contributed by atoms with van der Waals surface area (Å²) in [6.45, 7) is 12.3. The van der Waals surface area contributed by atoms with E-state index < -0.39 is 34.3 Å². The Morgan fingerprint density at radius 1 is 0.825 bits per heavy atom. The number of nitrogens with zero attached hydrogens (tertiary/aromatic N) is 1.